The molecule has 2 N–H and O–H groups in total. The Morgan fingerprint density at radius 3 is 2.56 bits per heavy atom. The van der Waals surface area contributed by atoms with Crippen molar-refractivity contribution >= 4 is 30.0 Å². The van der Waals surface area contributed by atoms with Gasteiger partial charge in [0.05, 0.1) is 0 Å². The zero-order valence-corrected chi connectivity index (χ0v) is 11.5. The molecule has 0 aliphatic carbocycles. The normalized spacial score (nSPS) is 11.7. The molecule has 0 saturated heterocycles. The molecule has 0 bridgehead atoms. The zero-order chi connectivity index (χ0) is 14.0. The predicted molar refractivity (Wildman–Crippen MR) is 70.5 cm³/mol. The summed E-state index contributed by atoms with van der Waals surface area (Å²) in [4.78, 5) is 33.7. The second-order valence-corrected chi connectivity index (χ2v) is 5.19. The van der Waals surface area contributed by atoms with Crippen molar-refractivity contribution in [2.24, 2.45) is 0 Å². The van der Waals surface area contributed by atoms with Crippen LogP contribution in [0, 0.1) is 0 Å². The smallest absolute Gasteiger partial charge is 0.326 e. The van der Waals surface area contributed by atoms with Gasteiger partial charge >= 0.3 is 5.97 Å². The number of aliphatic carboxylic acids is 1. The monoisotopic (exact) mass is 276 g/mol. The fraction of sp³-hybridized carbons (Fsp3) is 0.727. The van der Waals surface area contributed by atoms with Gasteiger partial charge in [0, 0.05) is 20.5 Å². The van der Waals surface area contributed by atoms with E-state index in [-0.39, 0.29) is 5.91 Å². The third-order valence-electron chi connectivity index (χ3n) is 2.30. The van der Waals surface area contributed by atoms with E-state index in [0.29, 0.717) is 25.0 Å². The number of rotatable bonds is 10. The number of hydrogen-bond acceptors (Lipinski definition) is 4. The first-order chi connectivity index (χ1) is 8.49. The number of hydrogen-bond donors (Lipinski definition) is 2. The van der Waals surface area contributed by atoms with Crippen molar-refractivity contribution in [1.29, 1.82) is 0 Å². The molecule has 0 spiro atoms. The third-order valence-corrected chi connectivity index (χ3v) is 3.40. The Morgan fingerprint density at radius 2 is 2.06 bits per heavy atom. The second-order valence-electron chi connectivity index (χ2n) is 3.97. The Hall–Kier alpha value is -1.24. The first kappa shape index (κ1) is 16.8. The van der Waals surface area contributed by atoms with E-state index in [1.165, 1.54) is 0 Å². The maximum atomic E-state index is 11.2. The Balaban J connectivity index is 3.57. The van der Waals surface area contributed by atoms with Crippen molar-refractivity contribution < 1.29 is 19.5 Å². The lowest BCUT2D eigenvalue weighted by molar-refractivity contribution is -0.140. The van der Waals surface area contributed by atoms with Gasteiger partial charge < -0.3 is 15.3 Å². The summed E-state index contributed by atoms with van der Waals surface area (Å²) in [5, 5.41) is 11.0. The number of thioether (sulfide) groups is 1. The summed E-state index contributed by atoms with van der Waals surface area (Å²) in [6, 6.07) is -0.821. The number of carboxylic acid groups (broad SMARTS) is 1. The molecule has 0 aromatic carbocycles. The van der Waals surface area contributed by atoms with Crippen LogP contribution < -0.4 is 5.32 Å². The largest absolute Gasteiger partial charge is 0.480 e. The fourth-order valence-corrected chi connectivity index (χ4v) is 2.17. The van der Waals surface area contributed by atoms with Gasteiger partial charge in [-0.2, -0.15) is 11.8 Å². The van der Waals surface area contributed by atoms with E-state index in [2.05, 4.69) is 5.32 Å². The van der Waals surface area contributed by atoms with E-state index >= 15 is 0 Å². The lowest BCUT2D eigenvalue weighted by Gasteiger charge is -2.11. The Kier molecular flexibility index (Phi) is 9.08. The van der Waals surface area contributed by atoms with E-state index in [4.69, 9.17) is 5.11 Å². The molecule has 0 aromatic rings. The zero-order valence-electron chi connectivity index (χ0n) is 10.7. The first-order valence-corrected chi connectivity index (χ1v) is 6.85. The van der Waals surface area contributed by atoms with Crippen molar-refractivity contribution in [3.63, 3.8) is 0 Å². The summed E-state index contributed by atoms with van der Waals surface area (Å²) in [6.07, 6.45) is 2.08. The van der Waals surface area contributed by atoms with E-state index in [1.54, 1.807) is 30.8 Å². The van der Waals surface area contributed by atoms with Crippen molar-refractivity contribution in [1.82, 2.24) is 10.2 Å². The third kappa shape index (κ3) is 7.94. The van der Waals surface area contributed by atoms with Gasteiger partial charge in [0.1, 0.15) is 6.04 Å². The molecule has 104 valence electrons. The van der Waals surface area contributed by atoms with Crippen LogP contribution in [-0.4, -0.2) is 59.9 Å². The molecule has 18 heavy (non-hydrogen) atoms. The van der Waals surface area contributed by atoms with Gasteiger partial charge in [-0.15, -0.1) is 0 Å². The quantitative estimate of drug-likeness (QED) is 0.439. The minimum atomic E-state index is -1.02. The molecule has 0 aliphatic heterocycles. The number of amides is 2. The maximum Gasteiger partial charge on any atom is 0.326 e. The van der Waals surface area contributed by atoms with Gasteiger partial charge in [0.2, 0.25) is 12.3 Å². The minimum Gasteiger partial charge on any atom is -0.480 e. The first-order valence-electron chi connectivity index (χ1n) is 5.69. The van der Waals surface area contributed by atoms with E-state index in [1.807, 2.05) is 0 Å². The molecule has 2 amide bonds. The Morgan fingerprint density at radius 1 is 1.39 bits per heavy atom. The fourth-order valence-electron chi connectivity index (χ4n) is 1.21. The molecular formula is C11H20N2O4S. The van der Waals surface area contributed by atoms with Gasteiger partial charge in [0.25, 0.3) is 0 Å². The van der Waals surface area contributed by atoms with E-state index in [0.717, 1.165) is 12.2 Å². The van der Waals surface area contributed by atoms with Crippen LogP contribution in [0.3, 0.4) is 0 Å². The topological polar surface area (TPSA) is 86.7 Å². The summed E-state index contributed by atoms with van der Waals surface area (Å²) in [5.74, 6) is 0.535. The molecule has 0 radical (unpaired) electrons. The molecule has 7 heteroatoms. The molecule has 0 aliphatic rings. The average molecular weight is 276 g/mol. The molecular weight excluding hydrogens is 256 g/mol. The summed E-state index contributed by atoms with van der Waals surface area (Å²) in [6.45, 7) is 0. The molecule has 0 fully saturated rings. The summed E-state index contributed by atoms with van der Waals surface area (Å²) < 4.78 is 0. The lowest BCUT2D eigenvalue weighted by atomic mass is 10.2. The predicted octanol–water partition coefficient (Wildman–Crippen LogP) is 0.177. The number of carboxylic acids is 1. The number of nitrogens with zero attached hydrogens (tertiary/aromatic N) is 1. The number of carbonyl (C=O) groups excluding carboxylic acids is 2. The van der Waals surface area contributed by atoms with E-state index < -0.39 is 12.0 Å². The van der Waals surface area contributed by atoms with Gasteiger partial charge in [-0.3, -0.25) is 9.59 Å². The van der Waals surface area contributed by atoms with Crippen molar-refractivity contribution in [2.75, 3.05) is 25.6 Å². The highest BCUT2D eigenvalue weighted by molar-refractivity contribution is 7.99. The molecule has 0 heterocycles. The maximum absolute atomic E-state index is 11.2. The highest BCUT2D eigenvalue weighted by Crippen LogP contribution is 2.08. The second kappa shape index (κ2) is 9.76. The van der Waals surface area contributed by atoms with Crippen LogP contribution in [0.5, 0.6) is 0 Å². The van der Waals surface area contributed by atoms with Gasteiger partial charge in [-0.1, -0.05) is 0 Å². The summed E-state index contributed by atoms with van der Waals surface area (Å²) >= 11 is 1.59. The molecule has 0 aromatic heterocycles. The van der Waals surface area contributed by atoms with Gasteiger partial charge in [-0.25, -0.2) is 4.79 Å². The number of carbonyl (C=O) groups is 3. The molecule has 0 rings (SSSR count). The van der Waals surface area contributed by atoms with Crippen LogP contribution in [0.4, 0.5) is 0 Å². The van der Waals surface area contributed by atoms with Crippen LogP contribution in [0.2, 0.25) is 0 Å². The van der Waals surface area contributed by atoms with Crippen molar-refractivity contribution in [3.05, 3.63) is 0 Å². The SMILES string of the molecule is CN(C)C(=O)CCCSCCC(NC=O)C(=O)O. The molecule has 1 atom stereocenters. The van der Waals surface area contributed by atoms with Crippen LogP contribution in [-0.2, 0) is 14.4 Å². The Labute approximate surface area is 111 Å². The Bertz CT molecular complexity index is 284. The molecule has 0 saturated carbocycles. The van der Waals surface area contributed by atoms with Crippen LogP contribution in [0.15, 0.2) is 0 Å². The number of nitrogens with one attached hydrogen (secondary N) is 1. The molecule has 1 unspecified atom stereocenters. The van der Waals surface area contributed by atoms with Gasteiger partial charge in [-0.05, 0) is 24.3 Å². The average Bonchev–Trinajstić information content (AvgIpc) is 2.31. The lowest BCUT2D eigenvalue weighted by Crippen LogP contribution is -2.36. The molecule has 6 nitrogen and oxygen atoms in total. The van der Waals surface area contributed by atoms with Crippen LogP contribution in [0.1, 0.15) is 19.3 Å². The highest BCUT2D eigenvalue weighted by Gasteiger charge is 2.15. The minimum absolute atomic E-state index is 0.0987. The standard InChI is InChI=1S/C11H20N2O4S/c1-13(2)10(15)4-3-6-18-7-5-9(11(16)17)12-8-14/h8-9H,3-7H2,1-2H3,(H,12,14)(H,16,17). The van der Waals surface area contributed by atoms with Crippen LogP contribution in [0.25, 0.3) is 0 Å². The highest BCUT2D eigenvalue weighted by atomic mass is 32.2. The van der Waals surface area contributed by atoms with Crippen LogP contribution >= 0.6 is 11.8 Å². The summed E-state index contributed by atoms with van der Waals surface area (Å²) in [5.41, 5.74) is 0. The van der Waals surface area contributed by atoms with E-state index in [9.17, 15) is 14.4 Å². The van der Waals surface area contributed by atoms with Gasteiger partial charge in [0.15, 0.2) is 0 Å². The summed E-state index contributed by atoms with van der Waals surface area (Å²) in [7, 11) is 3.44. The van der Waals surface area contributed by atoms with Crippen molar-refractivity contribution in [2.45, 2.75) is 25.3 Å². The van der Waals surface area contributed by atoms with Crippen molar-refractivity contribution in [3.8, 4) is 0 Å².